The Bertz CT molecular complexity index is 390. The summed E-state index contributed by atoms with van der Waals surface area (Å²) in [6, 6.07) is 9.25. The predicted octanol–water partition coefficient (Wildman–Crippen LogP) is 1.94. The summed E-state index contributed by atoms with van der Waals surface area (Å²) >= 11 is 0.976. The molecule has 1 saturated heterocycles. The van der Waals surface area contributed by atoms with Crippen molar-refractivity contribution in [1.29, 1.82) is 0 Å². The molecule has 1 heterocycles. The first kappa shape index (κ1) is 11.0. The molecule has 1 aliphatic rings. The van der Waals surface area contributed by atoms with Gasteiger partial charge in [-0.1, -0.05) is 18.2 Å². The third-order valence-electron chi connectivity index (χ3n) is 2.11. The van der Waals surface area contributed by atoms with Crippen molar-refractivity contribution in [2.45, 2.75) is 23.8 Å². The van der Waals surface area contributed by atoms with Crippen LogP contribution < -0.4 is 0 Å². The molecule has 0 radical (unpaired) electrons. The van der Waals surface area contributed by atoms with E-state index in [1.54, 1.807) is 0 Å². The highest BCUT2D eigenvalue weighted by Gasteiger charge is 2.31. The fraction of sp³-hybridized carbons (Fsp3) is 0.273. The lowest BCUT2D eigenvalue weighted by molar-refractivity contribution is -0.154. The summed E-state index contributed by atoms with van der Waals surface area (Å²) in [5.74, 6) is -0.841. The van der Waals surface area contributed by atoms with Crippen LogP contribution in [0.4, 0.5) is 0 Å². The number of rotatable bonds is 3. The zero-order valence-electron chi connectivity index (χ0n) is 8.42. The average Bonchev–Trinajstić information content (AvgIpc) is 2.74. The molecule has 1 atom stereocenters. The van der Waals surface area contributed by atoms with Crippen molar-refractivity contribution in [3.8, 4) is 0 Å². The molecule has 5 heteroatoms. The summed E-state index contributed by atoms with van der Waals surface area (Å²) in [6.07, 6.45) is -0.0355. The molecule has 4 nitrogen and oxygen atoms in total. The van der Waals surface area contributed by atoms with Crippen molar-refractivity contribution in [3.05, 3.63) is 30.3 Å². The van der Waals surface area contributed by atoms with Crippen LogP contribution in [-0.2, 0) is 18.5 Å². The summed E-state index contributed by atoms with van der Waals surface area (Å²) in [4.78, 5) is 23.1. The van der Waals surface area contributed by atoms with Gasteiger partial charge in [-0.2, -0.15) is 0 Å². The molecule has 0 aliphatic carbocycles. The minimum Gasteiger partial charge on any atom is -0.450 e. The minimum atomic E-state index is -0.733. The summed E-state index contributed by atoms with van der Waals surface area (Å²) in [7, 11) is 0. The van der Waals surface area contributed by atoms with Crippen LogP contribution >= 0.6 is 12.0 Å². The topological polar surface area (TPSA) is 52.6 Å². The Hall–Kier alpha value is -1.49. The van der Waals surface area contributed by atoms with E-state index in [-0.39, 0.29) is 12.4 Å². The van der Waals surface area contributed by atoms with Gasteiger partial charge in [0.1, 0.15) is 0 Å². The molecule has 0 N–H and O–H groups in total. The largest absolute Gasteiger partial charge is 0.450 e. The molecular weight excluding hydrogens is 228 g/mol. The molecule has 1 aromatic rings. The summed E-state index contributed by atoms with van der Waals surface area (Å²) < 4.78 is 9.75. The van der Waals surface area contributed by atoms with Gasteiger partial charge in [0.25, 0.3) is 0 Å². The van der Waals surface area contributed by atoms with Crippen LogP contribution in [0.1, 0.15) is 12.8 Å². The van der Waals surface area contributed by atoms with Gasteiger partial charge in [-0.25, -0.2) is 4.79 Å². The van der Waals surface area contributed by atoms with E-state index in [0.29, 0.717) is 6.42 Å². The number of benzene rings is 1. The highest BCUT2D eigenvalue weighted by Crippen LogP contribution is 2.22. The highest BCUT2D eigenvalue weighted by atomic mass is 32.2. The van der Waals surface area contributed by atoms with E-state index >= 15 is 0 Å². The van der Waals surface area contributed by atoms with Gasteiger partial charge >= 0.3 is 11.9 Å². The molecule has 0 amide bonds. The molecule has 0 bridgehead atoms. The van der Waals surface area contributed by atoms with E-state index in [2.05, 4.69) is 0 Å². The van der Waals surface area contributed by atoms with Crippen molar-refractivity contribution in [3.63, 3.8) is 0 Å². The van der Waals surface area contributed by atoms with Crippen molar-refractivity contribution in [2.75, 3.05) is 0 Å². The Morgan fingerprint density at radius 1 is 1.38 bits per heavy atom. The number of ether oxygens (including phenoxy) is 1. The van der Waals surface area contributed by atoms with Crippen LogP contribution in [0.5, 0.6) is 0 Å². The standard InChI is InChI=1S/C11H10O4S/c12-10-7-6-9(14-10)11(13)15-16-8-4-2-1-3-5-8/h1-5,9H,6-7H2. The number of carbonyl (C=O) groups excluding carboxylic acids is 2. The Kier molecular flexibility index (Phi) is 3.46. The Labute approximate surface area is 97.1 Å². The lowest BCUT2D eigenvalue weighted by Gasteiger charge is -2.07. The van der Waals surface area contributed by atoms with E-state index in [9.17, 15) is 9.59 Å². The van der Waals surface area contributed by atoms with Gasteiger partial charge in [-0.15, -0.1) is 0 Å². The van der Waals surface area contributed by atoms with Gasteiger partial charge in [0, 0.05) is 17.7 Å². The van der Waals surface area contributed by atoms with E-state index in [1.165, 1.54) is 0 Å². The number of cyclic esters (lactones) is 1. The second kappa shape index (κ2) is 5.03. The summed E-state index contributed by atoms with van der Waals surface area (Å²) in [5.41, 5.74) is 0. The van der Waals surface area contributed by atoms with Crippen molar-refractivity contribution in [2.24, 2.45) is 0 Å². The lowest BCUT2D eigenvalue weighted by atomic mass is 10.2. The second-order valence-corrected chi connectivity index (χ2v) is 4.12. The number of hydrogen-bond donors (Lipinski definition) is 0. The fourth-order valence-electron chi connectivity index (χ4n) is 1.31. The molecule has 0 saturated carbocycles. The van der Waals surface area contributed by atoms with Gasteiger partial charge in [0.15, 0.2) is 0 Å². The third kappa shape index (κ3) is 2.76. The molecule has 1 aromatic carbocycles. The normalized spacial score (nSPS) is 19.2. The van der Waals surface area contributed by atoms with E-state index in [4.69, 9.17) is 8.92 Å². The zero-order chi connectivity index (χ0) is 11.4. The molecule has 16 heavy (non-hydrogen) atoms. The van der Waals surface area contributed by atoms with Crippen molar-refractivity contribution < 1.29 is 18.5 Å². The third-order valence-corrected chi connectivity index (χ3v) is 2.82. The number of hydrogen-bond acceptors (Lipinski definition) is 5. The second-order valence-electron chi connectivity index (χ2n) is 3.32. The first-order valence-electron chi connectivity index (χ1n) is 4.88. The van der Waals surface area contributed by atoms with Crippen molar-refractivity contribution >= 4 is 24.0 Å². The average molecular weight is 238 g/mol. The van der Waals surface area contributed by atoms with Gasteiger partial charge < -0.3 is 8.92 Å². The van der Waals surface area contributed by atoms with Crippen LogP contribution in [0, 0.1) is 0 Å². The quantitative estimate of drug-likeness (QED) is 0.595. The molecule has 1 unspecified atom stereocenters. The van der Waals surface area contributed by atoms with Crippen molar-refractivity contribution in [1.82, 2.24) is 0 Å². The van der Waals surface area contributed by atoms with Crippen LogP contribution in [0.2, 0.25) is 0 Å². The smallest absolute Gasteiger partial charge is 0.359 e. The van der Waals surface area contributed by atoms with E-state index in [0.717, 1.165) is 16.9 Å². The Balaban J connectivity index is 1.82. The maximum Gasteiger partial charge on any atom is 0.359 e. The van der Waals surface area contributed by atoms with Gasteiger partial charge in [-0.3, -0.25) is 4.79 Å². The van der Waals surface area contributed by atoms with Crippen LogP contribution in [0.3, 0.4) is 0 Å². The number of carbonyl (C=O) groups is 2. The molecule has 0 aromatic heterocycles. The van der Waals surface area contributed by atoms with Crippen LogP contribution in [-0.4, -0.2) is 18.0 Å². The minimum absolute atomic E-state index is 0.287. The van der Waals surface area contributed by atoms with Crippen LogP contribution in [0.15, 0.2) is 35.2 Å². The molecule has 2 rings (SSSR count). The van der Waals surface area contributed by atoms with E-state index < -0.39 is 12.1 Å². The maximum absolute atomic E-state index is 11.4. The summed E-state index contributed by atoms with van der Waals surface area (Å²) in [5, 5.41) is 0. The monoisotopic (exact) mass is 238 g/mol. The molecule has 1 fully saturated rings. The zero-order valence-corrected chi connectivity index (χ0v) is 9.24. The fourth-order valence-corrected chi connectivity index (χ4v) is 1.86. The van der Waals surface area contributed by atoms with E-state index in [1.807, 2.05) is 30.3 Å². The number of esters is 1. The lowest BCUT2D eigenvalue weighted by Crippen LogP contribution is -2.20. The van der Waals surface area contributed by atoms with Gasteiger partial charge in [-0.05, 0) is 12.1 Å². The predicted molar refractivity (Wildman–Crippen MR) is 57.5 cm³/mol. The SMILES string of the molecule is O=C1CCC(C(=O)OSc2ccccc2)O1. The first-order chi connectivity index (χ1) is 7.75. The Morgan fingerprint density at radius 2 is 2.12 bits per heavy atom. The first-order valence-corrected chi connectivity index (χ1v) is 5.63. The molecule has 84 valence electrons. The Morgan fingerprint density at radius 3 is 2.75 bits per heavy atom. The summed E-state index contributed by atoms with van der Waals surface area (Å²) in [6.45, 7) is 0. The highest BCUT2D eigenvalue weighted by molar-refractivity contribution is 7.95. The van der Waals surface area contributed by atoms with Gasteiger partial charge in [0.2, 0.25) is 6.10 Å². The van der Waals surface area contributed by atoms with Crippen LogP contribution in [0.25, 0.3) is 0 Å². The van der Waals surface area contributed by atoms with Gasteiger partial charge in [0.05, 0.1) is 12.0 Å². The maximum atomic E-state index is 11.4. The molecule has 1 aliphatic heterocycles. The molecular formula is C11H10O4S. The molecule has 0 spiro atoms.